The van der Waals surface area contributed by atoms with E-state index >= 15 is 0 Å². The van der Waals surface area contributed by atoms with Gasteiger partial charge in [0.05, 0.1) is 0 Å². The van der Waals surface area contributed by atoms with E-state index in [1.54, 1.807) is 0 Å². The lowest BCUT2D eigenvalue weighted by molar-refractivity contribution is 0.102. The van der Waals surface area contributed by atoms with Crippen molar-refractivity contribution in [1.82, 2.24) is 0 Å². The molecule has 1 heterocycles. The van der Waals surface area contributed by atoms with Crippen LogP contribution < -0.4 is 10.8 Å². The number of carbonyl (C=O) groups is 1. The van der Waals surface area contributed by atoms with Gasteiger partial charge >= 0.3 is 0 Å². The third-order valence-electron chi connectivity index (χ3n) is 6.00. The quantitative estimate of drug-likeness (QED) is 0.816. The van der Waals surface area contributed by atoms with Crippen LogP contribution in [-0.4, -0.2) is 12.6 Å². The van der Waals surface area contributed by atoms with Crippen LogP contribution in [0.25, 0.3) is 0 Å². The van der Waals surface area contributed by atoms with E-state index in [9.17, 15) is 4.79 Å². The summed E-state index contributed by atoms with van der Waals surface area (Å²) in [6.45, 7) is 9.97. The SMILES string of the molecule is CC1(C)CB(c2cccc(C(=O)Nc3ccccc3)c2)CC1(C)C. The minimum absolute atomic E-state index is 0.0421. The van der Waals surface area contributed by atoms with Gasteiger partial charge in [0.2, 0.25) is 0 Å². The highest BCUT2D eigenvalue weighted by molar-refractivity contribution is 6.74. The van der Waals surface area contributed by atoms with Gasteiger partial charge in [-0.05, 0) is 29.0 Å². The van der Waals surface area contributed by atoms with Crippen LogP contribution in [-0.2, 0) is 0 Å². The Morgan fingerprint density at radius 3 is 2.17 bits per heavy atom. The van der Waals surface area contributed by atoms with Gasteiger partial charge in [-0.2, -0.15) is 0 Å². The molecule has 3 rings (SSSR count). The molecule has 3 heteroatoms. The Balaban J connectivity index is 1.79. The lowest BCUT2D eigenvalue weighted by atomic mass is 9.42. The van der Waals surface area contributed by atoms with Gasteiger partial charge in [-0.1, -0.05) is 82.2 Å². The van der Waals surface area contributed by atoms with Crippen molar-refractivity contribution in [2.75, 3.05) is 5.32 Å². The van der Waals surface area contributed by atoms with Crippen LogP contribution in [0.3, 0.4) is 0 Å². The van der Waals surface area contributed by atoms with Crippen molar-refractivity contribution in [3.8, 4) is 0 Å². The minimum atomic E-state index is -0.0421. The Labute approximate surface area is 145 Å². The van der Waals surface area contributed by atoms with Gasteiger partial charge in [-0.3, -0.25) is 4.79 Å². The zero-order chi connectivity index (χ0) is 17.4. The van der Waals surface area contributed by atoms with E-state index in [1.165, 1.54) is 18.1 Å². The molecular weight excluding hydrogens is 293 g/mol. The standard InChI is InChI=1S/C21H26BNO/c1-20(2)14-22(15-21(20,3)4)17-10-8-9-16(13-17)19(24)23-18-11-6-5-7-12-18/h5-13H,14-15H2,1-4H3,(H,23,24). The monoisotopic (exact) mass is 319 g/mol. The lowest BCUT2D eigenvalue weighted by Gasteiger charge is -2.35. The molecule has 124 valence electrons. The molecule has 1 aliphatic rings. The van der Waals surface area contributed by atoms with E-state index < -0.39 is 0 Å². The fourth-order valence-corrected chi connectivity index (χ4v) is 3.75. The van der Waals surface area contributed by atoms with Gasteiger partial charge in [0.1, 0.15) is 0 Å². The summed E-state index contributed by atoms with van der Waals surface area (Å²) in [6, 6.07) is 17.7. The summed E-state index contributed by atoms with van der Waals surface area (Å²) in [7, 11) is 0. The molecule has 2 aromatic rings. The maximum atomic E-state index is 12.5. The summed E-state index contributed by atoms with van der Waals surface area (Å²) in [5.74, 6) is -0.0421. The maximum Gasteiger partial charge on any atom is 0.255 e. The van der Waals surface area contributed by atoms with E-state index in [-0.39, 0.29) is 5.91 Å². The van der Waals surface area contributed by atoms with E-state index in [2.05, 4.69) is 45.1 Å². The van der Waals surface area contributed by atoms with Gasteiger partial charge < -0.3 is 5.32 Å². The van der Waals surface area contributed by atoms with Gasteiger partial charge in [0, 0.05) is 11.3 Å². The van der Waals surface area contributed by atoms with E-state index in [4.69, 9.17) is 0 Å². The smallest absolute Gasteiger partial charge is 0.255 e. The molecule has 0 aromatic heterocycles. The Morgan fingerprint density at radius 1 is 0.917 bits per heavy atom. The molecule has 1 aliphatic heterocycles. The second kappa shape index (κ2) is 6.12. The molecule has 0 aliphatic carbocycles. The fourth-order valence-electron chi connectivity index (χ4n) is 3.75. The zero-order valence-electron chi connectivity index (χ0n) is 15.1. The average Bonchev–Trinajstić information content (AvgIpc) is 2.76. The predicted molar refractivity (Wildman–Crippen MR) is 103 cm³/mol. The molecule has 0 unspecified atom stereocenters. The Hall–Kier alpha value is -2.03. The third-order valence-corrected chi connectivity index (χ3v) is 6.00. The first-order valence-corrected chi connectivity index (χ1v) is 8.75. The van der Waals surface area contributed by atoms with Crippen LogP contribution >= 0.6 is 0 Å². The summed E-state index contributed by atoms with van der Waals surface area (Å²) >= 11 is 0. The number of anilines is 1. The van der Waals surface area contributed by atoms with E-state index in [1.807, 2.05) is 42.5 Å². The van der Waals surface area contributed by atoms with Crippen LogP contribution in [0.4, 0.5) is 5.69 Å². The lowest BCUT2D eigenvalue weighted by Crippen LogP contribution is -2.29. The highest BCUT2D eigenvalue weighted by Crippen LogP contribution is 2.52. The first-order valence-electron chi connectivity index (χ1n) is 8.75. The van der Waals surface area contributed by atoms with Crippen molar-refractivity contribution >= 4 is 23.8 Å². The van der Waals surface area contributed by atoms with Crippen molar-refractivity contribution in [3.05, 3.63) is 60.2 Å². The number of benzene rings is 2. The number of rotatable bonds is 3. The molecule has 0 bridgehead atoms. The van der Waals surface area contributed by atoms with E-state index in [0.717, 1.165) is 11.3 Å². The van der Waals surface area contributed by atoms with Crippen LogP contribution in [0.5, 0.6) is 0 Å². The first-order chi connectivity index (χ1) is 11.3. The summed E-state index contributed by atoms with van der Waals surface area (Å²) < 4.78 is 0. The van der Waals surface area contributed by atoms with Gasteiger partial charge in [0.25, 0.3) is 5.91 Å². The van der Waals surface area contributed by atoms with Crippen LogP contribution in [0, 0.1) is 10.8 Å². The average molecular weight is 319 g/mol. The molecule has 1 fully saturated rings. The van der Waals surface area contributed by atoms with E-state index in [0.29, 0.717) is 17.5 Å². The molecule has 0 atom stereocenters. The summed E-state index contributed by atoms with van der Waals surface area (Å²) in [5.41, 5.74) is 3.49. The topological polar surface area (TPSA) is 29.1 Å². The summed E-state index contributed by atoms with van der Waals surface area (Å²) in [5, 5.41) is 2.97. The van der Waals surface area contributed by atoms with Crippen molar-refractivity contribution in [3.63, 3.8) is 0 Å². The fraction of sp³-hybridized carbons (Fsp3) is 0.381. The third kappa shape index (κ3) is 3.26. The van der Waals surface area contributed by atoms with Crippen LogP contribution in [0.2, 0.25) is 12.6 Å². The largest absolute Gasteiger partial charge is 0.322 e. The normalized spacial score (nSPS) is 18.4. The second-order valence-corrected chi connectivity index (χ2v) is 8.32. The van der Waals surface area contributed by atoms with Gasteiger partial charge in [-0.25, -0.2) is 0 Å². The number of carbonyl (C=O) groups excluding carboxylic acids is 1. The molecule has 2 nitrogen and oxygen atoms in total. The molecular formula is C21H26BNO. The van der Waals surface area contributed by atoms with Crippen molar-refractivity contribution in [1.29, 1.82) is 0 Å². The predicted octanol–water partition coefficient (Wildman–Crippen LogP) is 4.71. The molecule has 0 spiro atoms. The summed E-state index contributed by atoms with van der Waals surface area (Å²) in [6.07, 6.45) is 2.34. The molecule has 1 N–H and O–H groups in total. The molecule has 24 heavy (non-hydrogen) atoms. The Morgan fingerprint density at radius 2 is 1.54 bits per heavy atom. The zero-order valence-corrected chi connectivity index (χ0v) is 15.1. The highest BCUT2D eigenvalue weighted by Gasteiger charge is 2.48. The molecule has 1 amide bonds. The van der Waals surface area contributed by atoms with Crippen LogP contribution in [0.1, 0.15) is 38.1 Å². The molecule has 0 saturated carbocycles. The highest BCUT2D eigenvalue weighted by atomic mass is 16.1. The van der Waals surface area contributed by atoms with Crippen molar-refractivity contribution in [2.24, 2.45) is 10.8 Å². The molecule has 1 saturated heterocycles. The molecule has 0 radical (unpaired) electrons. The number of hydrogen-bond donors (Lipinski definition) is 1. The second-order valence-electron chi connectivity index (χ2n) is 8.32. The number of hydrogen-bond acceptors (Lipinski definition) is 1. The van der Waals surface area contributed by atoms with Gasteiger partial charge in [-0.15, -0.1) is 0 Å². The Bertz CT molecular complexity index is 721. The number of para-hydroxylation sites is 1. The molecule has 2 aromatic carbocycles. The Kier molecular flexibility index (Phi) is 4.29. The van der Waals surface area contributed by atoms with Crippen LogP contribution in [0.15, 0.2) is 54.6 Å². The minimum Gasteiger partial charge on any atom is -0.322 e. The number of amides is 1. The summed E-state index contributed by atoms with van der Waals surface area (Å²) in [4.78, 5) is 12.5. The maximum absolute atomic E-state index is 12.5. The van der Waals surface area contributed by atoms with Crippen molar-refractivity contribution in [2.45, 2.75) is 40.3 Å². The first kappa shape index (κ1) is 16.8. The van der Waals surface area contributed by atoms with Crippen molar-refractivity contribution < 1.29 is 4.79 Å². The van der Waals surface area contributed by atoms with Gasteiger partial charge in [0.15, 0.2) is 6.71 Å². The number of nitrogens with one attached hydrogen (secondary N) is 1.